The van der Waals surface area contributed by atoms with Crippen molar-refractivity contribution < 1.29 is 14.3 Å². The van der Waals surface area contributed by atoms with Crippen LogP contribution in [0, 0.1) is 0 Å². The van der Waals surface area contributed by atoms with Crippen molar-refractivity contribution in [3.05, 3.63) is 108 Å². The molecule has 0 bridgehead atoms. The Bertz CT molecular complexity index is 1420. The summed E-state index contributed by atoms with van der Waals surface area (Å²) in [4.78, 5) is 32.6. The van der Waals surface area contributed by atoms with Crippen LogP contribution in [0.3, 0.4) is 0 Å². The molecule has 42 heavy (non-hydrogen) atoms. The van der Waals surface area contributed by atoms with E-state index in [0.717, 1.165) is 66.3 Å². The van der Waals surface area contributed by atoms with E-state index in [1.54, 1.807) is 13.3 Å². The molecule has 3 heterocycles. The topological polar surface area (TPSA) is 88.5 Å². The summed E-state index contributed by atoms with van der Waals surface area (Å²) in [5.74, 6) is 1.13. The second kappa shape index (κ2) is 12.7. The number of ketones is 1. The number of nitrogens with zero attached hydrogens (tertiary/aromatic N) is 3. The minimum Gasteiger partial charge on any atom is -0.497 e. The van der Waals surface area contributed by atoms with Crippen molar-refractivity contribution in [3.8, 4) is 5.75 Å². The number of piperidine rings is 1. The van der Waals surface area contributed by atoms with E-state index in [1.165, 1.54) is 10.9 Å². The van der Waals surface area contributed by atoms with Crippen LogP contribution >= 0.6 is 0 Å². The molecule has 5 rings (SSSR count). The van der Waals surface area contributed by atoms with Crippen LogP contribution in [0.25, 0.3) is 0 Å². The fourth-order valence-corrected chi connectivity index (χ4v) is 6.27. The highest BCUT2D eigenvalue weighted by molar-refractivity contribution is 5.90. The number of Topliss-reactive ketones (excluding diaryl/α,β-unsaturated/α-hetero) is 1. The van der Waals surface area contributed by atoms with Crippen molar-refractivity contribution in [3.63, 3.8) is 0 Å². The largest absolute Gasteiger partial charge is 0.497 e. The Hall–Kier alpha value is -4.33. The zero-order valence-electron chi connectivity index (χ0n) is 24.6. The lowest BCUT2D eigenvalue weighted by Crippen LogP contribution is -2.52. The average molecular weight is 568 g/mol. The third-order valence-electron chi connectivity index (χ3n) is 8.79. The Morgan fingerprint density at radius 2 is 1.86 bits per heavy atom. The number of likely N-dealkylation sites (tertiary alicyclic amines) is 1. The molecule has 0 saturated carbocycles. The summed E-state index contributed by atoms with van der Waals surface area (Å²) in [5.41, 5.74) is 4.30. The Morgan fingerprint density at radius 3 is 2.52 bits per heavy atom. The SMILES string of the molecule is C=C(N[C@H](Cc1ccc(OC)cc1)C(=C)N1CCC(C(=O)CCC)(c2ccccc2)CC1)[C@@H]1Cc2cncn2C(=O)N1. The van der Waals surface area contributed by atoms with E-state index in [9.17, 15) is 9.59 Å². The van der Waals surface area contributed by atoms with Gasteiger partial charge < -0.3 is 20.3 Å². The van der Waals surface area contributed by atoms with Gasteiger partial charge in [-0.05, 0) is 48.9 Å². The first-order chi connectivity index (χ1) is 20.3. The molecular weight excluding hydrogens is 526 g/mol. The molecule has 2 N–H and O–H groups in total. The highest BCUT2D eigenvalue weighted by atomic mass is 16.5. The molecule has 2 aliphatic rings. The fourth-order valence-electron chi connectivity index (χ4n) is 6.27. The lowest BCUT2D eigenvalue weighted by Gasteiger charge is -2.44. The highest BCUT2D eigenvalue weighted by Crippen LogP contribution is 2.39. The molecule has 2 aromatic carbocycles. The number of ether oxygens (including phenoxy) is 1. The van der Waals surface area contributed by atoms with Gasteiger partial charge in [0.1, 0.15) is 17.9 Å². The number of hydrogen-bond acceptors (Lipinski definition) is 6. The van der Waals surface area contributed by atoms with Crippen molar-refractivity contribution in [1.29, 1.82) is 0 Å². The summed E-state index contributed by atoms with van der Waals surface area (Å²) in [6.07, 6.45) is 7.45. The van der Waals surface area contributed by atoms with E-state index >= 15 is 0 Å². The van der Waals surface area contributed by atoms with E-state index in [1.807, 2.05) is 30.3 Å². The molecule has 1 aromatic heterocycles. The summed E-state index contributed by atoms with van der Waals surface area (Å²) in [6.45, 7) is 12.4. The number of nitrogens with one attached hydrogen (secondary N) is 2. The van der Waals surface area contributed by atoms with Crippen LogP contribution in [0.15, 0.2) is 91.7 Å². The molecule has 0 spiro atoms. The van der Waals surface area contributed by atoms with Crippen LogP contribution in [0.2, 0.25) is 0 Å². The second-order valence-electron chi connectivity index (χ2n) is 11.3. The van der Waals surface area contributed by atoms with Crippen molar-refractivity contribution in [2.75, 3.05) is 20.2 Å². The molecule has 1 saturated heterocycles. The van der Waals surface area contributed by atoms with Gasteiger partial charge in [0.15, 0.2) is 0 Å². The average Bonchev–Trinajstić information content (AvgIpc) is 3.51. The predicted molar refractivity (Wildman–Crippen MR) is 164 cm³/mol. The molecule has 8 nitrogen and oxygen atoms in total. The number of methoxy groups -OCH3 is 1. The van der Waals surface area contributed by atoms with Gasteiger partial charge in [0.25, 0.3) is 0 Å². The Morgan fingerprint density at radius 1 is 1.14 bits per heavy atom. The van der Waals surface area contributed by atoms with Crippen molar-refractivity contribution in [2.45, 2.75) is 62.9 Å². The first-order valence-electron chi connectivity index (χ1n) is 14.8. The standard InChI is InChI=1S/C34H41N5O3/c1-5-9-32(40)34(27-10-7-6-8-11-27)16-18-38(19-17-34)25(3)31(20-26-12-14-29(42-4)15-13-26)36-24(2)30-21-28-22-35-23-39(28)33(41)37-30/h6-8,10-15,22-23,30-31,36H,2-3,5,9,16-21H2,1,4H3,(H,37,41)/t30-,31+/m0/s1. The normalized spacial score (nSPS) is 18.4. The number of carbonyl (C=O) groups excluding carboxylic acids is 2. The molecule has 0 unspecified atom stereocenters. The number of amides is 1. The summed E-state index contributed by atoms with van der Waals surface area (Å²) < 4.78 is 6.89. The fraction of sp³-hybridized carbons (Fsp3) is 0.382. The van der Waals surface area contributed by atoms with Gasteiger partial charge in [-0.15, -0.1) is 0 Å². The van der Waals surface area contributed by atoms with E-state index in [2.05, 4.69) is 64.9 Å². The molecule has 1 fully saturated rings. The number of imidazole rings is 1. The molecular formula is C34H41N5O3. The number of rotatable bonds is 12. The van der Waals surface area contributed by atoms with E-state index < -0.39 is 5.41 Å². The Balaban J connectivity index is 1.34. The number of fused-ring (bicyclic) bond motifs is 1. The molecule has 0 radical (unpaired) electrons. The summed E-state index contributed by atoms with van der Waals surface area (Å²) in [7, 11) is 1.66. The number of hydrogen-bond donors (Lipinski definition) is 2. The van der Waals surface area contributed by atoms with Gasteiger partial charge in [0.05, 0.1) is 24.6 Å². The lowest BCUT2D eigenvalue weighted by atomic mass is 9.68. The molecule has 1 amide bonds. The summed E-state index contributed by atoms with van der Waals surface area (Å²) in [6, 6.07) is 17.6. The van der Waals surface area contributed by atoms with Crippen LogP contribution in [0.4, 0.5) is 4.79 Å². The molecule has 220 valence electrons. The van der Waals surface area contributed by atoms with Crippen LogP contribution in [-0.2, 0) is 23.1 Å². The van der Waals surface area contributed by atoms with Crippen molar-refractivity contribution in [1.82, 2.24) is 25.1 Å². The molecule has 0 aliphatic carbocycles. The maximum Gasteiger partial charge on any atom is 0.327 e. The molecule has 8 heteroatoms. The number of aromatic nitrogens is 2. The maximum atomic E-state index is 13.5. The lowest BCUT2D eigenvalue weighted by molar-refractivity contribution is -0.126. The summed E-state index contributed by atoms with van der Waals surface area (Å²) in [5, 5.41) is 6.66. The van der Waals surface area contributed by atoms with Crippen LogP contribution in [0.1, 0.15) is 49.4 Å². The Kier molecular flexibility index (Phi) is 8.80. The first kappa shape index (κ1) is 29.2. The van der Waals surface area contributed by atoms with Crippen LogP contribution in [0.5, 0.6) is 5.75 Å². The van der Waals surface area contributed by atoms with Gasteiger partial charge in [-0.1, -0.05) is 62.5 Å². The van der Waals surface area contributed by atoms with Gasteiger partial charge in [0, 0.05) is 49.2 Å². The quantitative estimate of drug-likeness (QED) is 0.320. The minimum absolute atomic E-state index is 0.162. The maximum absolute atomic E-state index is 13.5. The molecule has 2 aliphatic heterocycles. The van der Waals surface area contributed by atoms with Crippen molar-refractivity contribution >= 4 is 11.8 Å². The van der Waals surface area contributed by atoms with Crippen molar-refractivity contribution in [2.24, 2.45) is 0 Å². The van der Waals surface area contributed by atoms with Gasteiger partial charge in [-0.25, -0.2) is 9.78 Å². The van der Waals surface area contributed by atoms with Crippen LogP contribution in [-0.4, -0.2) is 58.5 Å². The second-order valence-corrected chi connectivity index (χ2v) is 11.3. The highest BCUT2D eigenvalue weighted by Gasteiger charge is 2.42. The van der Waals surface area contributed by atoms with E-state index in [4.69, 9.17) is 4.74 Å². The zero-order chi connectivity index (χ0) is 29.7. The van der Waals surface area contributed by atoms with E-state index in [-0.39, 0.29) is 18.1 Å². The first-order valence-corrected chi connectivity index (χ1v) is 14.8. The third-order valence-corrected chi connectivity index (χ3v) is 8.79. The monoisotopic (exact) mass is 567 g/mol. The Labute approximate surface area is 248 Å². The van der Waals surface area contributed by atoms with Gasteiger partial charge >= 0.3 is 6.03 Å². The molecule has 2 atom stereocenters. The third kappa shape index (κ3) is 5.98. The number of carbonyl (C=O) groups is 2. The summed E-state index contributed by atoms with van der Waals surface area (Å²) >= 11 is 0. The minimum atomic E-state index is -0.466. The molecule has 3 aromatic rings. The van der Waals surface area contributed by atoms with E-state index in [0.29, 0.717) is 25.0 Å². The van der Waals surface area contributed by atoms with Gasteiger partial charge in [0.2, 0.25) is 0 Å². The zero-order valence-corrected chi connectivity index (χ0v) is 24.6. The van der Waals surface area contributed by atoms with Gasteiger partial charge in [-0.2, -0.15) is 0 Å². The smallest absolute Gasteiger partial charge is 0.327 e. The number of benzene rings is 2. The van der Waals surface area contributed by atoms with Crippen LogP contribution < -0.4 is 15.4 Å². The predicted octanol–water partition coefficient (Wildman–Crippen LogP) is 5.01. The van der Waals surface area contributed by atoms with Gasteiger partial charge in [-0.3, -0.25) is 9.36 Å².